The van der Waals surface area contributed by atoms with Gasteiger partial charge in [0.05, 0.1) is 11.6 Å². The number of nitrogens with one attached hydrogen (secondary N) is 2. The van der Waals surface area contributed by atoms with Gasteiger partial charge in [0.15, 0.2) is 5.69 Å². The van der Waals surface area contributed by atoms with Gasteiger partial charge in [-0.2, -0.15) is 10.2 Å². The second-order valence-corrected chi connectivity index (χ2v) is 7.22. The number of hydrazine groups is 1. The highest BCUT2D eigenvalue weighted by molar-refractivity contribution is 7.13. The van der Waals surface area contributed by atoms with E-state index in [1.165, 1.54) is 16.0 Å². The second kappa shape index (κ2) is 7.87. The summed E-state index contributed by atoms with van der Waals surface area (Å²) >= 11 is 1.29. The number of carbonyl (C=O) groups is 2. The molecule has 0 fully saturated rings. The largest absolute Gasteiger partial charge is 0.290 e. The zero-order chi connectivity index (χ0) is 21.3. The van der Waals surface area contributed by atoms with Crippen molar-refractivity contribution in [2.75, 3.05) is 0 Å². The van der Waals surface area contributed by atoms with Crippen LogP contribution in [-0.4, -0.2) is 36.4 Å². The normalized spacial score (nSPS) is 10.9. The third-order valence-electron chi connectivity index (χ3n) is 4.36. The van der Waals surface area contributed by atoms with Gasteiger partial charge in [0.1, 0.15) is 10.7 Å². The molecular formula is C19H17N7O3S. The molecule has 3 aromatic heterocycles. The molecule has 0 radical (unpaired) electrons. The lowest BCUT2D eigenvalue weighted by Gasteiger charge is -2.10. The molecule has 0 bridgehead atoms. The van der Waals surface area contributed by atoms with Crippen LogP contribution in [-0.2, 0) is 13.6 Å². The van der Waals surface area contributed by atoms with Gasteiger partial charge in [0, 0.05) is 36.1 Å². The molecule has 10 nitrogen and oxygen atoms in total. The molecule has 0 saturated heterocycles. The summed E-state index contributed by atoms with van der Waals surface area (Å²) in [5.74, 6) is -1.20. The van der Waals surface area contributed by atoms with Gasteiger partial charge >= 0.3 is 0 Å². The molecule has 3 heterocycles. The number of benzene rings is 1. The maximum absolute atomic E-state index is 12.7. The number of fused-ring (bicyclic) bond motifs is 1. The summed E-state index contributed by atoms with van der Waals surface area (Å²) in [6, 6.07) is 6.71. The number of hydrogen-bond donors (Lipinski definition) is 2. The smallest absolute Gasteiger partial charge is 0.275 e. The molecule has 152 valence electrons. The third-order valence-corrected chi connectivity index (χ3v) is 5.25. The molecule has 2 amide bonds. The van der Waals surface area contributed by atoms with Crippen LogP contribution in [0.15, 0.2) is 46.8 Å². The van der Waals surface area contributed by atoms with Crippen molar-refractivity contribution in [2.24, 2.45) is 7.05 Å². The van der Waals surface area contributed by atoms with Crippen molar-refractivity contribution in [1.29, 1.82) is 0 Å². The number of amides is 2. The van der Waals surface area contributed by atoms with Crippen molar-refractivity contribution in [3.05, 3.63) is 63.8 Å². The van der Waals surface area contributed by atoms with E-state index >= 15 is 0 Å². The number of aromatic nitrogens is 5. The molecule has 0 aliphatic heterocycles. The van der Waals surface area contributed by atoms with Gasteiger partial charge in [-0.15, -0.1) is 11.3 Å². The Bertz CT molecular complexity index is 1320. The summed E-state index contributed by atoms with van der Waals surface area (Å²) in [4.78, 5) is 41.7. The minimum Gasteiger partial charge on any atom is -0.275 e. The van der Waals surface area contributed by atoms with E-state index in [1.807, 2.05) is 0 Å². The van der Waals surface area contributed by atoms with Crippen LogP contribution in [0, 0.1) is 0 Å². The van der Waals surface area contributed by atoms with Crippen LogP contribution < -0.4 is 16.4 Å². The number of rotatable bonds is 4. The van der Waals surface area contributed by atoms with Crippen molar-refractivity contribution >= 4 is 33.9 Å². The molecule has 0 aliphatic rings. The molecule has 0 aliphatic carbocycles. The highest BCUT2D eigenvalue weighted by Gasteiger charge is 2.18. The number of hydrogen-bond acceptors (Lipinski definition) is 7. The van der Waals surface area contributed by atoms with Gasteiger partial charge in [0.25, 0.3) is 17.4 Å². The number of aryl methyl sites for hydroxylation is 2. The average molecular weight is 423 g/mol. The molecule has 2 N–H and O–H groups in total. The minimum atomic E-state index is -0.635. The van der Waals surface area contributed by atoms with Crippen LogP contribution >= 0.6 is 11.3 Å². The molecule has 1 aromatic carbocycles. The zero-order valence-corrected chi connectivity index (χ0v) is 16.9. The van der Waals surface area contributed by atoms with Crippen LogP contribution in [0.25, 0.3) is 21.3 Å². The summed E-state index contributed by atoms with van der Waals surface area (Å²) in [5, 5.41) is 11.2. The number of thiazole rings is 1. The molecule has 4 aromatic rings. The van der Waals surface area contributed by atoms with Gasteiger partial charge in [-0.25, -0.2) is 9.67 Å². The molecule has 0 saturated carbocycles. The average Bonchev–Trinajstić information content (AvgIpc) is 3.41. The highest BCUT2D eigenvalue weighted by Crippen LogP contribution is 2.22. The Labute approximate surface area is 174 Å². The summed E-state index contributed by atoms with van der Waals surface area (Å²) in [7, 11) is 1.79. The first-order valence-electron chi connectivity index (χ1n) is 9.03. The lowest BCUT2D eigenvalue weighted by Crippen LogP contribution is -2.43. The molecule has 30 heavy (non-hydrogen) atoms. The fraction of sp³-hybridized carbons (Fsp3) is 0.158. The topological polar surface area (TPSA) is 124 Å². The predicted molar refractivity (Wildman–Crippen MR) is 111 cm³/mol. The van der Waals surface area contributed by atoms with E-state index in [0.29, 0.717) is 22.3 Å². The zero-order valence-electron chi connectivity index (χ0n) is 16.1. The molecule has 4 rings (SSSR count). The first-order chi connectivity index (χ1) is 14.5. The van der Waals surface area contributed by atoms with Gasteiger partial charge in [-0.05, 0) is 13.0 Å². The Morgan fingerprint density at radius 2 is 1.87 bits per heavy atom. The van der Waals surface area contributed by atoms with Crippen LogP contribution in [0.3, 0.4) is 0 Å². The van der Waals surface area contributed by atoms with Crippen molar-refractivity contribution in [2.45, 2.75) is 13.5 Å². The quantitative estimate of drug-likeness (QED) is 0.478. The fourth-order valence-corrected chi connectivity index (χ4v) is 3.67. The van der Waals surface area contributed by atoms with Crippen molar-refractivity contribution in [1.82, 2.24) is 35.4 Å². The van der Waals surface area contributed by atoms with E-state index in [0.717, 1.165) is 5.56 Å². The van der Waals surface area contributed by atoms with E-state index in [-0.39, 0.29) is 16.9 Å². The Hall–Kier alpha value is -3.86. The Morgan fingerprint density at radius 1 is 1.13 bits per heavy atom. The maximum Gasteiger partial charge on any atom is 0.290 e. The molecule has 0 spiro atoms. The predicted octanol–water partition coefficient (Wildman–Crippen LogP) is 1.35. The summed E-state index contributed by atoms with van der Waals surface area (Å²) in [6.45, 7) is 2.07. The SMILES string of the molecule is CCn1nc(C(=O)NNC(=O)c2csc(-c3cnn(C)c3)n2)c2ccccc2c1=O. The Balaban J connectivity index is 1.53. The molecule has 11 heteroatoms. The standard InChI is InChI=1S/C19H17N7O3S/c1-3-26-19(29)13-7-5-4-6-12(13)15(24-26)17(28)23-22-16(27)14-10-30-18(21-14)11-8-20-25(2)9-11/h4-10H,3H2,1-2H3,(H,22,27)(H,23,28). The van der Waals surface area contributed by atoms with Gasteiger partial charge in [0.2, 0.25) is 0 Å². The highest BCUT2D eigenvalue weighted by atomic mass is 32.1. The maximum atomic E-state index is 12.7. The Kier molecular flexibility index (Phi) is 5.11. The van der Waals surface area contributed by atoms with E-state index in [1.54, 1.807) is 60.7 Å². The van der Waals surface area contributed by atoms with E-state index < -0.39 is 11.8 Å². The Morgan fingerprint density at radius 3 is 2.57 bits per heavy atom. The third kappa shape index (κ3) is 3.57. The van der Waals surface area contributed by atoms with Crippen molar-refractivity contribution < 1.29 is 9.59 Å². The summed E-state index contributed by atoms with van der Waals surface area (Å²) in [5.41, 5.74) is 5.41. The first kappa shape index (κ1) is 19.5. The second-order valence-electron chi connectivity index (χ2n) is 6.36. The van der Waals surface area contributed by atoms with Gasteiger partial charge in [-0.1, -0.05) is 18.2 Å². The van der Waals surface area contributed by atoms with Crippen LogP contribution in [0.2, 0.25) is 0 Å². The summed E-state index contributed by atoms with van der Waals surface area (Å²) in [6.07, 6.45) is 3.45. The van der Waals surface area contributed by atoms with Gasteiger partial charge < -0.3 is 0 Å². The van der Waals surface area contributed by atoms with Crippen LogP contribution in [0.4, 0.5) is 0 Å². The lowest BCUT2D eigenvalue weighted by molar-refractivity contribution is 0.0841. The monoisotopic (exact) mass is 423 g/mol. The lowest BCUT2D eigenvalue weighted by atomic mass is 10.1. The summed E-state index contributed by atoms with van der Waals surface area (Å²) < 4.78 is 2.85. The van der Waals surface area contributed by atoms with E-state index in [9.17, 15) is 14.4 Å². The van der Waals surface area contributed by atoms with E-state index in [4.69, 9.17) is 0 Å². The van der Waals surface area contributed by atoms with Crippen LogP contribution in [0.1, 0.15) is 27.9 Å². The first-order valence-corrected chi connectivity index (χ1v) is 9.91. The van der Waals surface area contributed by atoms with Crippen molar-refractivity contribution in [3.8, 4) is 10.6 Å². The number of nitrogens with zero attached hydrogens (tertiary/aromatic N) is 5. The molecule has 0 atom stereocenters. The van der Waals surface area contributed by atoms with E-state index in [2.05, 4.69) is 26.0 Å². The number of carbonyl (C=O) groups excluding carboxylic acids is 2. The van der Waals surface area contributed by atoms with Crippen LogP contribution in [0.5, 0.6) is 0 Å². The fourth-order valence-electron chi connectivity index (χ4n) is 2.90. The molecular weight excluding hydrogens is 406 g/mol. The van der Waals surface area contributed by atoms with Crippen molar-refractivity contribution in [3.63, 3.8) is 0 Å². The molecule has 0 unspecified atom stereocenters. The minimum absolute atomic E-state index is 0.0432. The van der Waals surface area contributed by atoms with Gasteiger partial charge in [-0.3, -0.25) is 29.9 Å².